The van der Waals surface area contributed by atoms with Crippen molar-refractivity contribution >= 4 is 45.2 Å². The van der Waals surface area contributed by atoms with Gasteiger partial charge in [-0.3, -0.25) is 14.2 Å². The maximum absolute atomic E-state index is 13.7. The highest BCUT2D eigenvalue weighted by atomic mass is 32.2. The average Bonchev–Trinajstić information content (AvgIpc) is 2.83. The molecule has 180 valence electrons. The number of fused-ring (bicyclic) bond motifs is 2. The van der Waals surface area contributed by atoms with Gasteiger partial charge in [-0.1, -0.05) is 42.1 Å². The van der Waals surface area contributed by atoms with Gasteiger partial charge in [0.25, 0.3) is 5.56 Å². The van der Waals surface area contributed by atoms with Gasteiger partial charge in [0.15, 0.2) is 5.16 Å². The van der Waals surface area contributed by atoms with Crippen molar-refractivity contribution in [2.45, 2.75) is 31.7 Å². The average molecular weight is 498 g/mol. The number of amides is 1. The lowest BCUT2D eigenvalue weighted by Gasteiger charge is -2.17. The number of aromatic nitrogens is 2. The van der Waals surface area contributed by atoms with Crippen LogP contribution in [0.5, 0.6) is 0 Å². The van der Waals surface area contributed by atoms with Crippen LogP contribution >= 0.6 is 11.8 Å². The summed E-state index contributed by atoms with van der Waals surface area (Å²) in [5.41, 5.74) is 4.39. The van der Waals surface area contributed by atoms with E-state index in [-0.39, 0.29) is 11.5 Å². The molecule has 0 spiro atoms. The molecule has 0 atom stereocenters. The van der Waals surface area contributed by atoms with E-state index in [2.05, 4.69) is 5.32 Å². The molecule has 0 fully saturated rings. The number of benzene rings is 3. The zero-order valence-electron chi connectivity index (χ0n) is 20.0. The second-order valence-corrected chi connectivity index (χ2v) is 9.51. The molecule has 0 aliphatic heterocycles. The predicted molar refractivity (Wildman–Crippen MR) is 143 cm³/mol. The molecule has 0 aliphatic rings. The standard InChI is InChI=1S/C28H23N3O4S/c1-16-7-6-8-17(2)26(16)31-27(34)22-9-4-5-10-23(22)30-28(31)36-15-19-13-25(33)35-24-14-20(29-18(3)32)11-12-21(19)24/h4-14H,15H2,1-3H3,(H,29,32). The second kappa shape index (κ2) is 9.47. The van der Waals surface area contributed by atoms with Crippen LogP contribution in [0, 0.1) is 13.8 Å². The summed E-state index contributed by atoms with van der Waals surface area (Å²) in [4.78, 5) is 42.2. The van der Waals surface area contributed by atoms with E-state index < -0.39 is 5.63 Å². The molecule has 2 heterocycles. The Labute approximate surface area is 210 Å². The fourth-order valence-corrected chi connectivity index (χ4v) is 5.33. The SMILES string of the molecule is CC(=O)Nc1ccc2c(CSc3nc4ccccc4c(=O)n3-c3c(C)cccc3C)cc(=O)oc2c1. The molecule has 8 heteroatoms. The second-order valence-electron chi connectivity index (χ2n) is 8.56. The number of carbonyl (C=O) groups is 1. The van der Waals surface area contributed by atoms with Crippen molar-refractivity contribution in [1.29, 1.82) is 0 Å². The molecular weight excluding hydrogens is 474 g/mol. The minimum Gasteiger partial charge on any atom is -0.423 e. The lowest BCUT2D eigenvalue weighted by Crippen LogP contribution is -2.23. The summed E-state index contributed by atoms with van der Waals surface area (Å²) >= 11 is 1.38. The summed E-state index contributed by atoms with van der Waals surface area (Å²) in [6.07, 6.45) is 0. The van der Waals surface area contributed by atoms with Crippen LogP contribution in [0.2, 0.25) is 0 Å². The van der Waals surface area contributed by atoms with Gasteiger partial charge in [-0.15, -0.1) is 0 Å². The number of hydrogen-bond acceptors (Lipinski definition) is 6. The van der Waals surface area contributed by atoms with Gasteiger partial charge in [0.2, 0.25) is 5.91 Å². The number of nitrogens with one attached hydrogen (secondary N) is 1. The van der Waals surface area contributed by atoms with Crippen LogP contribution in [0.1, 0.15) is 23.6 Å². The number of rotatable bonds is 5. The first-order chi connectivity index (χ1) is 17.3. The van der Waals surface area contributed by atoms with E-state index in [0.29, 0.717) is 33.1 Å². The number of anilines is 1. The third-order valence-corrected chi connectivity index (χ3v) is 6.90. The maximum Gasteiger partial charge on any atom is 0.336 e. The minimum absolute atomic E-state index is 0.141. The zero-order chi connectivity index (χ0) is 25.4. The summed E-state index contributed by atoms with van der Waals surface area (Å²) in [5, 5.41) is 4.52. The van der Waals surface area contributed by atoms with E-state index in [1.54, 1.807) is 22.8 Å². The molecule has 3 aromatic carbocycles. The lowest BCUT2D eigenvalue weighted by molar-refractivity contribution is -0.114. The fraction of sp³-hybridized carbons (Fsp3) is 0.143. The van der Waals surface area contributed by atoms with Crippen LogP contribution in [0.15, 0.2) is 85.9 Å². The number of para-hydroxylation sites is 2. The van der Waals surface area contributed by atoms with Crippen LogP contribution in [0.3, 0.4) is 0 Å². The Morgan fingerprint density at radius 2 is 1.72 bits per heavy atom. The van der Waals surface area contributed by atoms with Gasteiger partial charge >= 0.3 is 5.63 Å². The molecule has 0 saturated carbocycles. The highest BCUT2D eigenvalue weighted by molar-refractivity contribution is 7.98. The molecule has 2 aromatic heterocycles. The zero-order valence-corrected chi connectivity index (χ0v) is 20.8. The van der Waals surface area contributed by atoms with Crippen LogP contribution in [0.4, 0.5) is 5.69 Å². The molecule has 0 saturated heterocycles. The first kappa shape index (κ1) is 23.6. The van der Waals surface area contributed by atoms with Crippen molar-refractivity contribution in [3.05, 3.63) is 104 Å². The van der Waals surface area contributed by atoms with Crippen LogP contribution in [-0.2, 0) is 10.5 Å². The predicted octanol–water partition coefficient (Wildman–Crippen LogP) is 5.36. The van der Waals surface area contributed by atoms with Crippen LogP contribution in [0.25, 0.3) is 27.6 Å². The van der Waals surface area contributed by atoms with Crippen LogP contribution < -0.4 is 16.5 Å². The Hall–Kier alpha value is -4.17. The van der Waals surface area contributed by atoms with Gasteiger partial charge in [-0.2, -0.15) is 0 Å². The molecule has 0 unspecified atom stereocenters. The monoisotopic (exact) mass is 497 g/mol. The first-order valence-electron chi connectivity index (χ1n) is 11.4. The summed E-state index contributed by atoms with van der Waals surface area (Å²) in [5.74, 6) is 0.173. The third-order valence-electron chi connectivity index (χ3n) is 5.92. The maximum atomic E-state index is 13.7. The van der Waals surface area contributed by atoms with Crippen LogP contribution in [-0.4, -0.2) is 15.5 Å². The normalized spacial score (nSPS) is 11.2. The third kappa shape index (κ3) is 4.43. The number of thioether (sulfide) groups is 1. The Kier molecular flexibility index (Phi) is 6.20. The largest absolute Gasteiger partial charge is 0.423 e. The van der Waals surface area contributed by atoms with E-state index in [4.69, 9.17) is 9.40 Å². The summed E-state index contributed by atoms with van der Waals surface area (Å²) in [6.45, 7) is 5.36. The Balaban J connectivity index is 1.63. The Morgan fingerprint density at radius 1 is 0.972 bits per heavy atom. The molecule has 1 amide bonds. The Morgan fingerprint density at radius 3 is 2.47 bits per heavy atom. The summed E-state index contributed by atoms with van der Waals surface area (Å²) in [7, 11) is 0. The van der Waals surface area contributed by atoms with Gasteiger partial charge in [-0.05, 0) is 54.8 Å². The quantitative estimate of drug-likeness (QED) is 0.200. The Bertz CT molecular complexity index is 1750. The molecule has 5 rings (SSSR count). The highest BCUT2D eigenvalue weighted by Crippen LogP contribution is 2.30. The summed E-state index contributed by atoms with van der Waals surface area (Å²) < 4.78 is 7.06. The minimum atomic E-state index is -0.489. The van der Waals surface area contributed by atoms with Crippen molar-refractivity contribution in [2.24, 2.45) is 0 Å². The van der Waals surface area contributed by atoms with E-state index in [0.717, 1.165) is 27.8 Å². The van der Waals surface area contributed by atoms with E-state index >= 15 is 0 Å². The molecule has 0 bridgehead atoms. The molecule has 36 heavy (non-hydrogen) atoms. The fourth-order valence-electron chi connectivity index (χ4n) is 4.34. The van der Waals surface area contributed by atoms with Gasteiger partial charge in [-0.25, -0.2) is 9.78 Å². The van der Waals surface area contributed by atoms with E-state index in [9.17, 15) is 14.4 Å². The van der Waals surface area contributed by atoms with Crippen molar-refractivity contribution in [1.82, 2.24) is 9.55 Å². The molecular formula is C28H23N3O4S. The molecule has 5 aromatic rings. The van der Waals surface area contributed by atoms with Gasteiger partial charge in [0, 0.05) is 35.9 Å². The number of hydrogen-bond donors (Lipinski definition) is 1. The molecule has 0 aliphatic carbocycles. The molecule has 1 N–H and O–H groups in total. The number of aryl methyl sites for hydroxylation is 2. The molecule has 7 nitrogen and oxygen atoms in total. The van der Waals surface area contributed by atoms with E-state index in [1.165, 1.54) is 24.8 Å². The van der Waals surface area contributed by atoms with E-state index in [1.807, 2.05) is 56.3 Å². The van der Waals surface area contributed by atoms with Gasteiger partial charge in [0.1, 0.15) is 5.58 Å². The van der Waals surface area contributed by atoms with Gasteiger partial charge in [0.05, 0.1) is 16.6 Å². The highest BCUT2D eigenvalue weighted by Gasteiger charge is 2.17. The van der Waals surface area contributed by atoms with Crippen molar-refractivity contribution < 1.29 is 9.21 Å². The number of carbonyl (C=O) groups excluding carboxylic acids is 1. The summed E-state index contributed by atoms with van der Waals surface area (Å²) in [6, 6.07) is 19.9. The number of nitrogens with zero attached hydrogens (tertiary/aromatic N) is 2. The van der Waals surface area contributed by atoms with Crippen molar-refractivity contribution in [2.75, 3.05) is 5.32 Å². The van der Waals surface area contributed by atoms with Crippen molar-refractivity contribution in [3.63, 3.8) is 0 Å². The van der Waals surface area contributed by atoms with Gasteiger partial charge < -0.3 is 9.73 Å². The first-order valence-corrected chi connectivity index (χ1v) is 12.4. The van der Waals surface area contributed by atoms with Crippen molar-refractivity contribution in [3.8, 4) is 5.69 Å². The smallest absolute Gasteiger partial charge is 0.336 e. The topological polar surface area (TPSA) is 94.2 Å². The lowest BCUT2D eigenvalue weighted by atomic mass is 10.1. The molecule has 0 radical (unpaired) electrons.